The van der Waals surface area contributed by atoms with Crippen molar-refractivity contribution in [2.75, 3.05) is 0 Å². The lowest BCUT2D eigenvalue weighted by Crippen LogP contribution is -2.20. The molecule has 0 bridgehead atoms. The molecule has 118 valence electrons. The van der Waals surface area contributed by atoms with Crippen LogP contribution in [0.2, 0.25) is 0 Å². The number of benzene rings is 3. The van der Waals surface area contributed by atoms with Crippen molar-refractivity contribution < 1.29 is 9.59 Å². The molecule has 0 saturated heterocycles. The van der Waals surface area contributed by atoms with Crippen LogP contribution in [0.1, 0.15) is 20.7 Å². The quantitative estimate of drug-likeness (QED) is 0.320. The molecule has 5 aromatic rings. The standard InChI is InChI=1S/C20H10N2O2S/c23-18-15-13-10-4-2-1-3-9(10)5-6-11(13)17-14(16(15)19(24)22-18)12-7-8-25-20(12)21-17/h1-8,21H,(H,22,23,24). The van der Waals surface area contributed by atoms with Crippen molar-refractivity contribution in [1.82, 2.24) is 10.3 Å². The van der Waals surface area contributed by atoms with Crippen molar-refractivity contribution in [3.05, 3.63) is 59.0 Å². The molecule has 6 rings (SSSR count). The Bertz CT molecular complexity index is 1410. The third-order valence-corrected chi connectivity index (χ3v) is 5.88. The topological polar surface area (TPSA) is 62.0 Å². The molecule has 3 aromatic carbocycles. The van der Waals surface area contributed by atoms with Crippen LogP contribution in [0.5, 0.6) is 0 Å². The number of carbonyl (C=O) groups is 2. The number of carbonyl (C=O) groups excluding carboxylic acids is 2. The van der Waals surface area contributed by atoms with Crippen LogP contribution in [0.15, 0.2) is 47.8 Å². The number of H-pyrrole nitrogens is 1. The predicted octanol–water partition coefficient (Wildman–Crippen LogP) is 4.57. The Morgan fingerprint density at radius 1 is 0.760 bits per heavy atom. The number of aromatic nitrogens is 1. The van der Waals surface area contributed by atoms with E-state index in [1.165, 1.54) is 0 Å². The second-order valence-electron chi connectivity index (χ2n) is 6.28. The van der Waals surface area contributed by atoms with Gasteiger partial charge in [-0.2, -0.15) is 0 Å². The maximum atomic E-state index is 12.6. The smallest absolute Gasteiger partial charge is 0.259 e. The zero-order valence-corrected chi connectivity index (χ0v) is 13.7. The first-order valence-corrected chi connectivity index (χ1v) is 8.84. The van der Waals surface area contributed by atoms with Gasteiger partial charge in [-0.05, 0) is 22.2 Å². The van der Waals surface area contributed by atoms with Gasteiger partial charge in [-0.15, -0.1) is 11.3 Å². The zero-order valence-electron chi connectivity index (χ0n) is 12.8. The summed E-state index contributed by atoms with van der Waals surface area (Å²) in [5.41, 5.74) is 1.91. The van der Waals surface area contributed by atoms with E-state index in [2.05, 4.69) is 16.4 Å². The summed E-state index contributed by atoms with van der Waals surface area (Å²) in [6.07, 6.45) is 0. The number of nitrogens with one attached hydrogen (secondary N) is 2. The number of hydrogen-bond donors (Lipinski definition) is 2. The number of aromatic amines is 1. The fourth-order valence-electron chi connectivity index (χ4n) is 4.06. The van der Waals surface area contributed by atoms with E-state index in [1.54, 1.807) is 11.3 Å². The van der Waals surface area contributed by atoms with E-state index in [9.17, 15) is 9.59 Å². The Morgan fingerprint density at radius 2 is 1.56 bits per heavy atom. The fourth-order valence-corrected chi connectivity index (χ4v) is 4.86. The molecule has 2 aromatic heterocycles. The summed E-state index contributed by atoms with van der Waals surface area (Å²) in [4.78, 5) is 29.7. The summed E-state index contributed by atoms with van der Waals surface area (Å²) >= 11 is 1.60. The van der Waals surface area contributed by atoms with Gasteiger partial charge in [0.15, 0.2) is 0 Å². The van der Waals surface area contributed by atoms with Crippen molar-refractivity contribution in [2.24, 2.45) is 0 Å². The number of imide groups is 1. The van der Waals surface area contributed by atoms with E-state index in [-0.39, 0.29) is 11.8 Å². The van der Waals surface area contributed by atoms with Crippen molar-refractivity contribution >= 4 is 65.8 Å². The van der Waals surface area contributed by atoms with Gasteiger partial charge < -0.3 is 4.98 Å². The Kier molecular flexibility index (Phi) is 2.24. The molecule has 2 amide bonds. The van der Waals surface area contributed by atoms with Crippen LogP contribution < -0.4 is 5.32 Å². The van der Waals surface area contributed by atoms with Gasteiger partial charge in [0.2, 0.25) is 0 Å². The lowest BCUT2D eigenvalue weighted by molar-refractivity contribution is 0.0880. The molecule has 0 saturated carbocycles. The van der Waals surface area contributed by atoms with Crippen LogP contribution in [0, 0.1) is 0 Å². The van der Waals surface area contributed by atoms with E-state index < -0.39 is 0 Å². The highest BCUT2D eigenvalue weighted by Crippen LogP contribution is 2.42. The molecule has 2 N–H and O–H groups in total. The zero-order chi connectivity index (χ0) is 16.7. The Morgan fingerprint density at radius 3 is 2.44 bits per heavy atom. The minimum absolute atomic E-state index is 0.312. The lowest BCUT2D eigenvalue weighted by Gasteiger charge is -2.09. The lowest BCUT2D eigenvalue weighted by atomic mass is 9.92. The van der Waals surface area contributed by atoms with Gasteiger partial charge >= 0.3 is 0 Å². The first kappa shape index (κ1) is 13.1. The molecule has 0 radical (unpaired) electrons. The number of rotatable bonds is 0. The minimum atomic E-state index is -0.313. The van der Waals surface area contributed by atoms with Crippen molar-refractivity contribution in [1.29, 1.82) is 0 Å². The highest BCUT2D eigenvalue weighted by atomic mass is 32.1. The SMILES string of the molecule is O=C1NC(=O)c2c1c1c3ccccc3ccc1c1[nH]c3sccc3c21. The summed E-state index contributed by atoms with van der Waals surface area (Å²) < 4.78 is 0. The van der Waals surface area contributed by atoms with E-state index in [4.69, 9.17) is 0 Å². The van der Waals surface area contributed by atoms with E-state index >= 15 is 0 Å². The number of amides is 2. The molecule has 4 nitrogen and oxygen atoms in total. The summed E-state index contributed by atoms with van der Waals surface area (Å²) in [7, 11) is 0. The molecule has 5 heteroatoms. The van der Waals surface area contributed by atoms with Crippen LogP contribution in [0.4, 0.5) is 0 Å². The van der Waals surface area contributed by atoms with Crippen LogP contribution in [-0.4, -0.2) is 16.8 Å². The molecular weight excluding hydrogens is 332 g/mol. The van der Waals surface area contributed by atoms with Gasteiger partial charge in [-0.25, -0.2) is 0 Å². The number of hydrogen-bond acceptors (Lipinski definition) is 3. The van der Waals surface area contributed by atoms with Crippen LogP contribution in [0.25, 0.3) is 42.7 Å². The summed E-state index contributed by atoms with van der Waals surface area (Å²) in [5.74, 6) is -0.625. The Hall–Kier alpha value is -3.18. The van der Waals surface area contributed by atoms with Gasteiger partial charge in [0.05, 0.1) is 16.6 Å². The molecule has 25 heavy (non-hydrogen) atoms. The van der Waals surface area contributed by atoms with E-state index in [0.717, 1.165) is 42.7 Å². The van der Waals surface area contributed by atoms with Crippen LogP contribution in [-0.2, 0) is 0 Å². The van der Waals surface area contributed by atoms with Crippen molar-refractivity contribution in [2.45, 2.75) is 0 Å². The summed E-state index contributed by atoms with van der Waals surface area (Å²) in [6.45, 7) is 0. The average Bonchev–Trinajstić information content (AvgIpc) is 3.28. The maximum Gasteiger partial charge on any atom is 0.259 e. The molecular formula is C20H10N2O2S. The van der Waals surface area contributed by atoms with E-state index in [1.807, 2.05) is 41.8 Å². The second kappa shape index (κ2) is 4.26. The monoisotopic (exact) mass is 342 g/mol. The first-order valence-electron chi connectivity index (χ1n) is 7.96. The number of fused-ring (bicyclic) bond motifs is 10. The molecule has 1 aliphatic heterocycles. The third kappa shape index (κ3) is 1.47. The van der Waals surface area contributed by atoms with Gasteiger partial charge in [0.1, 0.15) is 4.83 Å². The van der Waals surface area contributed by atoms with E-state index in [0.29, 0.717) is 11.1 Å². The maximum absolute atomic E-state index is 12.6. The Labute approximate surface area is 145 Å². The fraction of sp³-hybridized carbons (Fsp3) is 0. The molecule has 0 unspecified atom stereocenters. The highest BCUT2D eigenvalue weighted by molar-refractivity contribution is 7.17. The minimum Gasteiger partial charge on any atom is -0.346 e. The van der Waals surface area contributed by atoms with Gasteiger partial charge in [0.25, 0.3) is 11.8 Å². The van der Waals surface area contributed by atoms with Crippen molar-refractivity contribution in [3.63, 3.8) is 0 Å². The second-order valence-corrected chi connectivity index (χ2v) is 7.20. The molecule has 0 spiro atoms. The molecule has 0 atom stereocenters. The van der Waals surface area contributed by atoms with Gasteiger partial charge in [0, 0.05) is 21.5 Å². The molecule has 0 aliphatic carbocycles. The summed E-state index contributed by atoms with van der Waals surface area (Å²) in [6, 6.07) is 14.1. The average molecular weight is 342 g/mol. The molecule has 0 fully saturated rings. The third-order valence-electron chi connectivity index (χ3n) is 5.05. The highest BCUT2D eigenvalue weighted by Gasteiger charge is 2.34. The van der Waals surface area contributed by atoms with Crippen LogP contribution >= 0.6 is 11.3 Å². The molecule has 1 aliphatic rings. The Balaban J connectivity index is 2.03. The normalized spacial score (nSPS) is 14.1. The number of thiophene rings is 1. The van der Waals surface area contributed by atoms with Crippen molar-refractivity contribution in [3.8, 4) is 0 Å². The first-order chi connectivity index (χ1) is 12.2. The van der Waals surface area contributed by atoms with Crippen LogP contribution in [0.3, 0.4) is 0 Å². The largest absolute Gasteiger partial charge is 0.346 e. The predicted molar refractivity (Wildman–Crippen MR) is 100 cm³/mol. The summed E-state index contributed by atoms with van der Waals surface area (Å²) in [5, 5.41) is 10.2. The van der Waals surface area contributed by atoms with Gasteiger partial charge in [-0.3, -0.25) is 14.9 Å². The molecule has 3 heterocycles. The van der Waals surface area contributed by atoms with Gasteiger partial charge in [-0.1, -0.05) is 36.4 Å².